The van der Waals surface area contributed by atoms with Gasteiger partial charge in [0, 0.05) is 29.7 Å². The zero-order valence-electron chi connectivity index (χ0n) is 12.0. The molecule has 1 atom stereocenters. The lowest BCUT2D eigenvalue weighted by Gasteiger charge is -2.38. The molecule has 0 saturated heterocycles. The first-order valence-corrected chi connectivity index (χ1v) is 8.48. The molecule has 1 aromatic carbocycles. The molecular formula is C17H21BrN2. The van der Waals surface area contributed by atoms with Gasteiger partial charge in [0.05, 0.1) is 0 Å². The third kappa shape index (κ3) is 2.44. The van der Waals surface area contributed by atoms with Gasteiger partial charge in [-0.05, 0) is 49.3 Å². The molecule has 0 aliphatic heterocycles. The van der Waals surface area contributed by atoms with Crippen molar-refractivity contribution in [3.63, 3.8) is 0 Å². The lowest BCUT2D eigenvalue weighted by Crippen LogP contribution is -2.33. The molecule has 1 aliphatic rings. The van der Waals surface area contributed by atoms with Crippen LogP contribution in [0, 0.1) is 0 Å². The van der Waals surface area contributed by atoms with Crippen LogP contribution >= 0.6 is 15.9 Å². The molecule has 0 amide bonds. The van der Waals surface area contributed by atoms with Crippen LogP contribution in [0.25, 0.3) is 0 Å². The summed E-state index contributed by atoms with van der Waals surface area (Å²) in [5.74, 6) is 0. The normalized spacial score (nSPS) is 21.7. The van der Waals surface area contributed by atoms with E-state index in [0.717, 1.165) is 11.8 Å². The second-order valence-electron chi connectivity index (χ2n) is 5.87. The molecule has 0 saturated carbocycles. The Morgan fingerprint density at radius 2 is 2.15 bits per heavy atom. The molecule has 1 aliphatic carbocycles. The molecule has 0 N–H and O–H groups in total. The number of hydrogen-bond donors (Lipinski definition) is 0. The second-order valence-corrected chi connectivity index (χ2v) is 6.43. The number of fused-ring (bicyclic) bond motifs is 1. The van der Waals surface area contributed by atoms with Crippen LogP contribution in [0.15, 0.2) is 36.5 Å². The molecule has 2 nitrogen and oxygen atoms in total. The van der Waals surface area contributed by atoms with Gasteiger partial charge in [0.15, 0.2) is 0 Å². The van der Waals surface area contributed by atoms with E-state index < -0.39 is 0 Å². The van der Waals surface area contributed by atoms with E-state index in [4.69, 9.17) is 0 Å². The summed E-state index contributed by atoms with van der Waals surface area (Å²) in [7, 11) is 2.03. The summed E-state index contributed by atoms with van der Waals surface area (Å²) in [5.41, 5.74) is 4.72. The third-order valence-corrected chi connectivity index (χ3v) is 5.80. The number of aromatic nitrogens is 2. The average Bonchev–Trinajstić information content (AvgIpc) is 2.90. The molecule has 20 heavy (non-hydrogen) atoms. The van der Waals surface area contributed by atoms with Gasteiger partial charge in [-0.2, -0.15) is 5.10 Å². The largest absolute Gasteiger partial charge is 0.273 e. The summed E-state index contributed by atoms with van der Waals surface area (Å²) < 4.78 is 2.00. The van der Waals surface area contributed by atoms with Crippen LogP contribution in [0.3, 0.4) is 0 Å². The highest BCUT2D eigenvalue weighted by Gasteiger charge is 2.35. The topological polar surface area (TPSA) is 17.8 Å². The number of aryl methyl sites for hydroxylation is 3. The van der Waals surface area contributed by atoms with Gasteiger partial charge >= 0.3 is 0 Å². The predicted octanol–water partition coefficient (Wildman–Crippen LogP) is 4.02. The summed E-state index contributed by atoms with van der Waals surface area (Å²) in [4.78, 5) is 0. The van der Waals surface area contributed by atoms with E-state index in [1.54, 1.807) is 11.1 Å². The standard InChI is InChI=1S/C17H21BrN2/c1-20-15(9-12-19-20)8-11-17(13-18)10-4-6-14-5-2-3-7-16(14)17/h2-3,5,7,9,12H,4,6,8,10-11,13H2,1H3. The van der Waals surface area contributed by atoms with Gasteiger partial charge in [0.2, 0.25) is 0 Å². The van der Waals surface area contributed by atoms with E-state index in [0.29, 0.717) is 5.41 Å². The van der Waals surface area contributed by atoms with Crippen molar-refractivity contribution in [3.05, 3.63) is 53.3 Å². The van der Waals surface area contributed by atoms with Crippen LogP contribution in [-0.2, 0) is 25.3 Å². The molecule has 0 spiro atoms. The lowest BCUT2D eigenvalue weighted by atomic mass is 9.68. The highest BCUT2D eigenvalue weighted by molar-refractivity contribution is 9.09. The Hall–Kier alpha value is -1.09. The van der Waals surface area contributed by atoms with Crippen LogP contribution in [-0.4, -0.2) is 15.1 Å². The van der Waals surface area contributed by atoms with Crippen LogP contribution in [0.5, 0.6) is 0 Å². The molecule has 1 unspecified atom stereocenters. The highest BCUT2D eigenvalue weighted by atomic mass is 79.9. The first-order chi connectivity index (χ1) is 9.75. The molecule has 0 radical (unpaired) electrons. The van der Waals surface area contributed by atoms with Gasteiger partial charge < -0.3 is 0 Å². The van der Waals surface area contributed by atoms with Gasteiger partial charge in [0.25, 0.3) is 0 Å². The van der Waals surface area contributed by atoms with Crippen LogP contribution < -0.4 is 0 Å². The summed E-state index contributed by atoms with van der Waals surface area (Å²) in [6.45, 7) is 0. The molecule has 0 bridgehead atoms. The Labute approximate surface area is 129 Å². The monoisotopic (exact) mass is 332 g/mol. The van der Waals surface area contributed by atoms with E-state index >= 15 is 0 Å². The Morgan fingerprint density at radius 3 is 2.90 bits per heavy atom. The maximum atomic E-state index is 4.28. The number of benzene rings is 1. The quantitative estimate of drug-likeness (QED) is 0.773. The van der Waals surface area contributed by atoms with Crippen LogP contribution in [0.4, 0.5) is 0 Å². The van der Waals surface area contributed by atoms with Gasteiger partial charge in [-0.3, -0.25) is 4.68 Å². The number of alkyl halides is 1. The van der Waals surface area contributed by atoms with Crippen molar-refractivity contribution < 1.29 is 0 Å². The van der Waals surface area contributed by atoms with Gasteiger partial charge in [-0.25, -0.2) is 0 Å². The zero-order valence-corrected chi connectivity index (χ0v) is 13.6. The van der Waals surface area contributed by atoms with E-state index in [2.05, 4.69) is 51.4 Å². The summed E-state index contributed by atoms with van der Waals surface area (Å²) in [6.07, 6.45) is 7.99. The maximum Gasteiger partial charge on any atom is 0.0492 e. The first kappa shape index (κ1) is 13.9. The highest BCUT2D eigenvalue weighted by Crippen LogP contribution is 2.42. The molecular weight excluding hydrogens is 312 g/mol. The summed E-state index contributed by atoms with van der Waals surface area (Å²) in [5, 5.41) is 5.33. The third-order valence-electron chi connectivity index (χ3n) is 4.73. The fraction of sp³-hybridized carbons (Fsp3) is 0.471. The minimum absolute atomic E-state index is 0.291. The Kier molecular flexibility index (Phi) is 3.97. The lowest BCUT2D eigenvalue weighted by molar-refractivity contribution is 0.373. The van der Waals surface area contributed by atoms with Crippen LogP contribution in [0.2, 0.25) is 0 Å². The number of halogens is 1. The van der Waals surface area contributed by atoms with Crippen LogP contribution in [0.1, 0.15) is 36.1 Å². The maximum absolute atomic E-state index is 4.28. The molecule has 3 heteroatoms. The Morgan fingerprint density at radius 1 is 1.30 bits per heavy atom. The smallest absolute Gasteiger partial charge is 0.0492 e. The second kappa shape index (κ2) is 5.72. The van der Waals surface area contributed by atoms with Gasteiger partial charge in [-0.15, -0.1) is 0 Å². The first-order valence-electron chi connectivity index (χ1n) is 7.36. The van der Waals surface area contributed by atoms with Crippen molar-refractivity contribution in [2.75, 3.05) is 5.33 Å². The van der Waals surface area contributed by atoms with Crippen molar-refractivity contribution in [3.8, 4) is 0 Å². The fourth-order valence-electron chi connectivity index (χ4n) is 3.49. The minimum Gasteiger partial charge on any atom is -0.273 e. The van der Waals surface area contributed by atoms with E-state index in [9.17, 15) is 0 Å². The predicted molar refractivity (Wildman–Crippen MR) is 86.4 cm³/mol. The molecule has 106 valence electrons. The number of nitrogens with zero attached hydrogens (tertiary/aromatic N) is 2. The SMILES string of the molecule is Cn1nccc1CCC1(CBr)CCCc2ccccc21. The Bertz CT molecular complexity index is 590. The molecule has 1 aromatic heterocycles. The van der Waals surface area contributed by atoms with E-state index in [1.807, 2.05) is 17.9 Å². The number of hydrogen-bond acceptors (Lipinski definition) is 1. The molecule has 2 aromatic rings. The van der Waals surface area contributed by atoms with Gasteiger partial charge in [-0.1, -0.05) is 40.2 Å². The zero-order chi connectivity index (χ0) is 14.0. The van der Waals surface area contributed by atoms with E-state index in [-0.39, 0.29) is 0 Å². The van der Waals surface area contributed by atoms with Crippen molar-refractivity contribution in [1.82, 2.24) is 9.78 Å². The van der Waals surface area contributed by atoms with Crippen molar-refractivity contribution in [2.45, 2.75) is 37.5 Å². The van der Waals surface area contributed by atoms with Crippen molar-refractivity contribution in [2.24, 2.45) is 7.05 Å². The van der Waals surface area contributed by atoms with Crippen molar-refractivity contribution >= 4 is 15.9 Å². The summed E-state index contributed by atoms with van der Waals surface area (Å²) in [6, 6.07) is 11.1. The molecule has 3 rings (SSSR count). The minimum atomic E-state index is 0.291. The fourth-order valence-corrected chi connectivity index (χ4v) is 4.35. The Balaban J connectivity index is 1.87. The van der Waals surface area contributed by atoms with Crippen molar-refractivity contribution in [1.29, 1.82) is 0 Å². The van der Waals surface area contributed by atoms with E-state index in [1.165, 1.54) is 31.4 Å². The van der Waals surface area contributed by atoms with Gasteiger partial charge in [0.1, 0.15) is 0 Å². The molecule has 0 fully saturated rings. The molecule has 1 heterocycles. The average molecular weight is 333 g/mol. The number of rotatable bonds is 4. The summed E-state index contributed by atoms with van der Waals surface area (Å²) >= 11 is 3.80.